The third kappa shape index (κ3) is 13.7. The van der Waals surface area contributed by atoms with E-state index in [9.17, 15) is 19.2 Å². The highest BCUT2D eigenvalue weighted by Gasteiger charge is 2.33. The Balaban J connectivity index is 2.12. The van der Waals surface area contributed by atoms with Crippen molar-refractivity contribution in [2.24, 2.45) is 0 Å². The molecule has 4 aromatic rings. The average molecular weight is 1090 g/mol. The van der Waals surface area contributed by atoms with Crippen molar-refractivity contribution in [3.05, 3.63) is 115 Å². The largest absolute Gasteiger partial charge is 0.424 e. The lowest BCUT2D eigenvalue weighted by atomic mass is 9.79. The Morgan fingerprint density at radius 1 is 0.324 bits per heavy atom. The summed E-state index contributed by atoms with van der Waals surface area (Å²) < 4.78 is 24.7. The molecule has 0 saturated carbocycles. The number of benzene rings is 4. The minimum Gasteiger partial charge on any atom is -0.424 e. The molecule has 0 fully saturated rings. The van der Waals surface area contributed by atoms with Gasteiger partial charge < -0.3 is 18.9 Å². The third-order valence-electron chi connectivity index (χ3n) is 11.5. The Morgan fingerprint density at radius 2 is 0.456 bits per heavy atom. The molecular formula is C52H56Cl8O8. The first-order valence-electron chi connectivity index (χ1n) is 21.8. The summed E-state index contributed by atoms with van der Waals surface area (Å²) in [5.74, 6) is -3.23. The van der Waals surface area contributed by atoms with Crippen LogP contribution >= 0.6 is 92.8 Å². The maximum Gasteiger partial charge on any atom is 0.344 e. The summed E-state index contributed by atoms with van der Waals surface area (Å²) in [4.78, 5) is 48.2. The zero-order valence-corrected chi connectivity index (χ0v) is 46.1. The molecule has 0 aliphatic heterocycles. The lowest BCUT2D eigenvalue weighted by Gasteiger charge is -2.29. The fraction of sp³-hybridized carbons (Fsp3) is 0.462. The van der Waals surface area contributed by atoms with Crippen molar-refractivity contribution in [3.63, 3.8) is 0 Å². The first kappa shape index (κ1) is 56.0. The second-order valence-corrected chi connectivity index (χ2v) is 25.5. The summed E-state index contributed by atoms with van der Waals surface area (Å²) in [6, 6.07) is 15.4. The number of esters is 4. The van der Waals surface area contributed by atoms with Crippen molar-refractivity contribution in [1.82, 2.24) is 0 Å². The minimum absolute atomic E-state index is 0.00808. The molecule has 0 unspecified atom stereocenters. The summed E-state index contributed by atoms with van der Waals surface area (Å²) in [7, 11) is 0. The van der Waals surface area contributed by atoms with Crippen molar-refractivity contribution in [2.75, 3.05) is 0 Å². The second kappa shape index (κ2) is 21.4. The van der Waals surface area contributed by atoms with Crippen LogP contribution in [-0.2, 0) is 66.5 Å². The monoisotopic (exact) mass is 1090 g/mol. The first-order chi connectivity index (χ1) is 31.1. The summed E-state index contributed by atoms with van der Waals surface area (Å²) in [5.41, 5.74) is 5.50. The van der Waals surface area contributed by atoms with Gasteiger partial charge in [0, 0.05) is 70.2 Å². The number of carbonyl (C=O) groups is 4. The Morgan fingerprint density at radius 3 is 0.559 bits per heavy atom. The molecule has 1 aliphatic rings. The maximum atomic E-state index is 13.6. The molecule has 8 bridgehead atoms. The van der Waals surface area contributed by atoms with Gasteiger partial charge in [0.2, 0.25) is 19.3 Å². The Labute approximate surface area is 439 Å². The van der Waals surface area contributed by atoms with Crippen LogP contribution in [0.1, 0.15) is 150 Å². The fourth-order valence-corrected chi connectivity index (χ4v) is 8.08. The summed E-state index contributed by atoms with van der Waals surface area (Å²) >= 11 is 49.5. The number of carbonyl (C=O) groups excluding carboxylic acids is 4. The summed E-state index contributed by atoms with van der Waals surface area (Å²) in [6.07, 6.45) is 0.0323. The van der Waals surface area contributed by atoms with E-state index in [0.29, 0.717) is 44.5 Å². The van der Waals surface area contributed by atoms with E-state index in [1.165, 1.54) is 0 Å². The van der Waals surface area contributed by atoms with Gasteiger partial charge in [0.15, 0.2) is 0 Å². The van der Waals surface area contributed by atoms with Crippen molar-refractivity contribution in [3.8, 4) is 23.0 Å². The van der Waals surface area contributed by atoms with Crippen LogP contribution in [0.5, 0.6) is 23.0 Å². The third-order valence-corrected chi connectivity index (χ3v) is 12.9. The molecule has 0 aromatic heterocycles. The van der Waals surface area contributed by atoms with Gasteiger partial charge in [0.05, 0.1) is 0 Å². The van der Waals surface area contributed by atoms with Crippen LogP contribution in [0.15, 0.2) is 48.5 Å². The molecule has 8 nitrogen and oxygen atoms in total. The van der Waals surface area contributed by atoms with E-state index in [1.807, 2.05) is 132 Å². The van der Waals surface area contributed by atoms with Crippen LogP contribution in [-0.4, -0.2) is 43.2 Å². The molecule has 1 aliphatic carbocycles. The van der Waals surface area contributed by atoms with Crippen LogP contribution in [0.4, 0.5) is 0 Å². The highest BCUT2D eigenvalue weighted by molar-refractivity contribution is 6.54. The zero-order valence-electron chi connectivity index (χ0n) is 40.0. The Bertz CT molecular complexity index is 2160. The van der Waals surface area contributed by atoms with Crippen LogP contribution < -0.4 is 18.9 Å². The van der Waals surface area contributed by atoms with E-state index in [1.54, 1.807) is 0 Å². The normalized spacial score (nSPS) is 13.5. The number of fused-ring (bicyclic) bond motifs is 8. The first-order valence-corrected chi connectivity index (χ1v) is 25.3. The number of alkyl halides is 8. The maximum absolute atomic E-state index is 13.6. The van der Waals surface area contributed by atoms with Gasteiger partial charge in [-0.1, -0.05) is 224 Å². The molecule has 68 heavy (non-hydrogen) atoms. The van der Waals surface area contributed by atoms with Crippen molar-refractivity contribution in [1.29, 1.82) is 0 Å². The van der Waals surface area contributed by atoms with E-state index in [2.05, 4.69) is 0 Å². The van der Waals surface area contributed by atoms with Gasteiger partial charge in [-0.2, -0.15) is 0 Å². The van der Waals surface area contributed by atoms with E-state index in [4.69, 9.17) is 112 Å². The van der Waals surface area contributed by atoms with Gasteiger partial charge in [-0.3, -0.25) is 0 Å². The molecule has 0 spiro atoms. The van der Waals surface area contributed by atoms with Gasteiger partial charge in [-0.15, -0.1) is 0 Å². The van der Waals surface area contributed by atoms with Crippen molar-refractivity contribution >= 4 is 117 Å². The molecule has 5 rings (SSSR count). The van der Waals surface area contributed by atoms with E-state index in [0.717, 1.165) is 22.3 Å². The summed E-state index contributed by atoms with van der Waals surface area (Å²) in [6.45, 7) is 24.5. The van der Waals surface area contributed by atoms with Crippen molar-refractivity contribution < 1.29 is 38.1 Å². The smallest absolute Gasteiger partial charge is 0.344 e. The lowest BCUT2D eigenvalue weighted by molar-refractivity contribution is -0.133. The number of ether oxygens (including phenoxy) is 4. The molecule has 0 radical (unpaired) electrons. The molecule has 0 N–H and O–H groups in total. The number of hydrogen-bond acceptors (Lipinski definition) is 8. The second-order valence-electron chi connectivity index (χ2n) is 21.1. The molecule has 0 saturated heterocycles. The van der Waals surface area contributed by atoms with Gasteiger partial charge >= 0.3 is 23.9 Å². The minimum atomic E-state index is -1.56. The van der Waals surface area contributed by atoms with E-state index >= 15 is 0 Å². The van der Waals surface area contributed by atoms with Crippen LogP contribution in [0.2, 0.25) is 0 Å². The molecule has 4 aromatic carbocycles. The van der Waals surface area contributed by atoms with Crippen LogP contribution in [0.3, 0.4) is 0 Å². The molecule has 368 valence electrons. The van der Waals surface area contributed by atoms with Crippen LogP contribution in [0, 0.1) is 0 Å². The van der Waals surface area contributed by atoms with Gasteiger partial charge in [-0.05, 0) is 43.9 Å². The fourth-order valence-electron chi connectivity index (χ4n) is 7.73. The van der Waals surface area contributed by atoms with Crippen molar-refractivity contribution in [2.45, 2.75) is 150 Å². The van der Waals surface area contributed by atoms with E-state index < -0.39 is 64.9 Å². The Kier molecular flexibility index (Phi) is 17.6. The predicted octanol–water partition coefficient (Wildman–Crippen LogP) is 14.4. The van der Waals surface area contributed by atoms with Gasteiger partial charge in [0.1, 0.15) is 23.0 Å². The summed E-state index contributed by atoms with van der Waals surface area (Å²) in [5, 5.41) is 0. The number of halogens is 8. The van der Waals surface area contributed by atoms with Gasteiger partial charge in [-0.25, -0.2) is 19.2 Å². The molecule has 0 atom stereocenters. The Hall–Kier alpha value is -2.92. The predicted molar refractivity (Wildman–Crippen MR) is 276 cm³/mol. The van der Waals surface area contributed by atoms with Gasteiger partial charge in [0.25, 0.3) is 0 Å². The van der Waals surface area contributed by atoms with Crippen LogP contribution in [0.25, 0.3) is 0 Å². The number of hydrogen-bond donors (Lipinski definition) is 0. The molecule has 16 heteroatoms. The highest BCUT2D eigenvalue weighted by Crippen LogP contribution is 2.45. The lowest BCUT2D eigenvalue weighted by Crippen LogP contribution is -2.22. The SMILES string of the molecule is CC(C)(C)c1cc2c(OC(=O)C(Cl)Cl)c(c1)Cc1cc(C(C)(C)C)cc(c1OC(=O)C(Cl)Cl)Cc1cc(C(C)(C)C)cc(c1OC(=O)C(Cl)Cl)Cc1cc(C(C)(C)C)cc(c1OC(=O)C(Cl)Cl)C2. The molecular weight excluding hydrogens is 1040 g/mol. The average Bonchev–Trinajstić information content (AvgIpc) is 3.19. The highest BCUT2D eigenvalue weighted by atomic mass is 35.5. The quantitative estimate of drug-likeness (QED) is 0.0860. The topological polar surface area (TPSA) is 105 Å². The molecule has 0 amide bonds. The standard InChI is InChI=1S/C52H56Cl8O8/c1-49(2,3)33-17-25-13-27-19-34(50(4,5)6)21-29(38(27)66-46(62)42(55)56)15-31-23-36(52(10,11)12)24-32(40(31)68-48(64)44(59)60)16-30-22-35(51(7,8)9)20-28(39(30)67-47(63)43(57)58)14-26(18-33)37(25)65-45(61)41(53)54/h17-24,41-44H,13-16H2,1-12H3. The number of rotatable bonds is 8. The zero-order chi connectivity index (χ0) is 51.2. The van der Waals surface area contributed by atoms with E-state index in [-0.39, 0.29) is 48.7 Å². The molecule has 0 heterocycles.